The van der Waals surface area contributed by atoms with Gasteiger partial charge >= 0.3 is 6.36 Å². The molecule has 0 fully saturated rings. The maximum atomic E-state index is 12.9. The first kappa shape index (κ1) is 20.5. The fraction of sp³-hybridized carbons (Fsp3) is 0.167. The summed E-state index contributed by atoms with van der Waals surface area (Å²) in [5.41, 5.74) is 1.36. The van der Waals surface area contributed by atoms with Gasteiger partial charge in [-0.3, -0.25) is 15.0 Å². The number of benzene rings is 1. The van der Waals surface area contributed by atoms with E-state index in [2.05, 4.69) is 19.7 Å². The molecule has 0 aliphatic carbocycles. The third-order valence-electron chi connectivity index (χ3n) is 3.71. The summed E-state index contributed by atoms with van der Waals surface area (Å²) in [7, 11) is -2.86. The van der Waals surface area contributed by atoms with Crippen molar-refractivity contribution in [3.05, 3.63) is 60.8 Å². The number of ether oxygens (including phenoxy) is 2. The number of hydrogen-bond acceptors (Lipinski definition) is 7. The Labute approximate surface area is 164 Å². The van der Waals surface area contributed by atoms with Gasteiger partial charge in [-0.25, -0.2) is 8.42 Å². The van der Waals surface area contributed by atoms with E-state index in [0.717, 1.165) is 18.2 Å². The second-order valence-corrected chi connectivity index (χ2v) is 7.75. The molecular weight excluding hydrogens is 411 g/mol. The standard InChI is InChI=1S/C18H14F3N3O4S/c1-27-16-3-2-14(28-18(19,20)21)7-17(16)29(25,26)11-12-6-13(9-23-8-12)15-10-22-4-5-24-15/h2-10H,11H2,1H3. The van der Waals surface area contributed by atoms with Crippen molar-refractivity contribution < 1.29 is 31.1 Å². The minimum atomic E-state index is -4.95. The number of hydrogen-bond donors (Lipinski definition) is 0. The molecule has 0 bridgehead atoms. The van der Waals surface area contributed by atoms with Crippen molar-refractivity contribution in [1.29, 1.82) is 0 Å². The Morgan fingerprint density at radius 3 is 2.48 bits per heavy atom. The van der Waals surface area contributed by atoms with Crippen LogP contribution in [0.3, 0.4) is 0 Å². The zero-order valence-corrected chi connectivity index (χ0v) is 15.7. The van der Waals surface area contributed by atoms with Gasteiger partial charge in [-0.15, -0.1) is 13.2 Å². The van der Waals surface area contributed by atoms with E-state index in [1.807, 2.05) is 0 Å². The summed E-state index contributed by atoms with van der Waals surface area (Å²) in [4.78, 5) is 11.7. The Kier molecular flexibility index (Phi) is 5.69. The van der Waals surface area contributed by atoms with Gasteiger partial charge in [-0.2, -0.15) is 0 Å². The van der Waals surface area contributed by atoms with E-state index in [1.54, 1.807) is 6.07 Å². The monoisotopic (exact) mass is 425 g/mol. The van der Waals surface area contributed by atoms with Gasteiger partial charge in [0.15, 0.2) is 9.84 Å². The third kappa shape index (κ3) is 5.19. The van der Waals surface area contributed by atoms with Crippen LogP contribution in [-0.4, -0.2) is 36.8 Å². The smallest absolute Gasteiger partial charge is 0.495 e. The van der Waals surface area contributed by atoms with Crippen LogP contribution in [-0.2, 0) is 15.6 Å². The zero-order chi connectivity index (χ0) is 21.1. The largest absolute Gasteiger partial charge is 0.573 e. The lowest BCUT2D eigenvalue weighted by atomic mass is 10.2. The van der Waals surface area contributed by atoms with Gasteiger partial charge in [0.25, 0.3) is 0 Å². The van der Waals surface area contributed by atoms with Crippen LogP contribution in [0.2, 0.25) is 0 Å². The van der Waals surface area contributed by atoms with E-state index in [9.17, 15) is 21.6 Å². The number of rotatable bonds is 6. The highest BCUT2D eigenvalue weighted by Crippen LogP contribution is 2.33. The van der Waals surface area contributed by atoms with Crippen molar-refractivity contribution >= 4 is 9.84 Å². The van der Waals surface area contributed by atoms with E-state index < -0.39 is 32.6 Å². The van der Waals surface area contributed by atoms with Gasteiger partial charge in [-0.1, -0.05) is 0 Å². The number of methoxy groups -OCH3 is 1. The van der Waals surface area contributed by atoms with Gasteiger partial charge in [-0.05, 0) is 23.8 Å². The molecule has 0 saturated heterocycles. The quantitative estimate of drug-likeness (QED) is 0.598. The minimum Gasteiger partial charge on any atom is -0.495 e. The van der Waals surface area contributed by atoms with Crippen LogP contribution in [0.4, 0.5) is 13.2 Å². The summed E-state index contributed by atoms with van der Waals surface area (Å²) >= 11 is 0. The molecule has 152 valence electrons. The molecule has 29 heavy (non-hydrogen) atoms. The molecule has 0 N–H and O–H groups in total. The lowest BCUT2D eigenvalue weighted by molar-refractivity contribution is -0.274. The summed E-state index contributed by atoms with van der Waals surface area (Å²) in [5, 5.41) is 0. The Bertz CT molecular complexity index is 1110. The number of sulfone groups is 1. The van der Waals surface area contributed by atoms with Crippen molar-refractivity contribution in [1.82, 2.24) is 15.0 Å². The van der Waals surface area contributed by atoms with Crippen LogP contribution in [0, 0.1) is 0 Å². The molecule has 2 aromatic heterocycles. The Balaban J connectivity index is 1.95. The normalized spacial score (nSPS) is 11.9. The molecular formula is C18H14F3N3O4S. The number of aromatic nitrogens is 3. The van der Waals surface area contributed by atoms with Crippen molar-refractivity contribution in [2.24, 2.45) is 0 Å². The fourth-order valence-electron chi connectivity index (χ4n) is 2.55. The van der Waals surface area contributed by atoms with Crippen molar-refractivity contribution in [3.63, 3.8) is 0 Å². The Morgan fingerprint density at radius 2 is 1.83 bits per heavy atom. The molecule has 11 heteroatoms. The lowest BCUT2D eigenvalue weighted by Crippen LogP contribution is -2.17. The maximum absolute atomic E-state index is 12.9. The van der Waals surface area contributed by atoms with E-state index in [1.165, 1.54) is 38.1 Å². The highest BCUT2D eigenvalue weighted by Gasteiger charge is 2.32. The van der Waals surface area contributed by atoms with E-state index in [0.29, 0.717) is 16.8 Å². The fourth-order valence-corrected chi connectivity index (χ4v) is 4.05. The third-order valence-corrected chi connectivity index (χ3v) is 5.42. The van der Waals surface area contributed by atoms with Crippen molar-refractivity contribution in [2.45, 2.75) is 17.0 Å². The number of nitrogens with zero attached hydrogens (tertiary/aromatic N) is 3. The molecule has 0 spiro atoms. The SMILES string of the molecule is COc1ccc(OC(F)(F)F)cc1S(=O)(=O)Cc1cncc(-c2cnccn2)c1. The summed E-state index contributed by atoms with van der Waals surface area (Å²) < 4.78 is 72.0. The zero-order valence-electron chi connectivity index (χ0n) is 14.9. The molecule has 0 aliphatic rings. The second-order valence-electron chi connectivity index (χ2n) is 5.79. The summed E-state index contributed by atoms with van der Waals surface area (Å²) in [6.45, 7) is 0. The van der Waals surface area contributed by atoms with Gasteiger partial charge in [0.1, 0.15) is 16.4 Å². The molecule has 0 aliphatic heterocycles. The molecule has 0 atom stereocenters. The van der Waals surface area contributed by atoms with Crippen molar-refractivity contribution in [3.8, 4) is 22.8 Å². The van der Waals surface area contributed by atoms with Crippen LogP contribution in [0.15, 0.2) is 60.1 Å². The van der Waals surface area contributed by atoms with Crippen LogP contribution in [0.1, 0.15) is 5.56 Å². The number of pyridine rings is 1. The first-order valence-corrected chi connectivity index (χ1v) is 9.70. The van der Waals surface area contributed by atoms with Gasteiger partial charge in [0, 0.05) is 36.4 Å². The molecule has 0 unspecified atom stereocenters. The predicted molar refractivity (Wildman–Crippen MR) is 95.8 cm³/mol. The highest BCUT2D eigenvalue weighted by atomic mass is 32.2. The molecule has 3 rings (SSSR count). The first-order valence-electron chi connectivity index (χ1n) is 8.05. The maximum Gasteiger partial charge on any atom is 0.573 e. The average molecular weight is 425 g/mol. The lowest BCUT2D eigenvalue weighted by Gasteiger charge is -2.13. The number of alkyl halides is 3. The Morgan fingerprint density at radius 1 is 1.03 bits per heavy atom. The van der Waals surface area contributed by atoms with Gasteiger partial charge in [0.05, 0.1) is 24.8 Å². The molecule has 7 nitrogen and oxygen atoms in total. The summed E-state index contributed by atoms with van der Waals surface area (Å²) in [6.07, 6.45) is 2.36. The predicted octanol–water partition coefficient (Wildman–Crippen LogP) is 3.42. The molecule has 3 aromatic rings. The molecule has 1 aromatic carbocycles. The number of halogens is 3. The van der Waals surface area contributed by atoms with E-state index in [-0.39, 0.29) is 5.75 Å². The minimum absolute atomic E-state index is 0.0995. The summed E-state index contributed by atoms with van der Waals surface area (Å²) in [5.74, 6) is -1.28. The van der Waals surface area contributed by atoms with Crippen LogP contribution >= 0.6 is 0 Å². The molecule has 0 saturated carbocycles. The van der Waals surface area contributed by atoms with Crippen LogP contribution < -0.4 is 9.47 Å². The van der Waals surface area contributed by atoms with Crippen LogP contribution in [0.5, 0.6) is 11.5 Å². The van der Waals surface area contributed by atoms with Crippen LogP contribution in [0.25, 0.3) is 11.3 Å². The first-order chi connectivity index (χ1) is 13.7. The highest BCUT2D eigenvalue weighted by molar-refractivity contribution is 7.90. The topological polar surface area (TPSA) is 91.3 Å². The Hall–Kier alpha value is -3.21. The average Bonchev–Trinajstić information content (AvgIpc) is 2.67. The summed E-state index contributed by atoms with van der Waals surface area (Å²) in [6, 6.07) is 4.42. The van der Waals surface area contributed by atoms with Crippen molar-refractivity contribution in [2.75, 3.05) is 7.11 Å². The molecule has 0 radical (unpaired) electrons. The van der Waals surface area contributed by atoms with E-state index >= 15 is 0 Å². The van der Waals surface area contributed by atoms with E-state index in [4.69, 9.17) is 4.74 Å². The second kappa shape index (κ2) is 8.03. The molecule has 0 amide bonds. The van der Waals surface area contributed by atoms with Gasteiger partial charge < -0.3 is 9.47 Å². The van der Waals surface area contributed by atoms with Gasteiger partial charge in [0.2, 0.25) is 0 Å². The molecule has 2 heterocycles.